The number of carboxylic acid groups (broad SMARTS) is 1. The van der Waals surface area contributed by atoms with Crippen molar-refractivity contribution in [2.24, 2.45) is 5.92 Å². The zero-order chi connectivity index (χ0) is 14.4. The van der Waals surface area contributed by atoms with Crippen LogP contribution in [0.15, 0.2) is 18.2 Å². The number of aliphatic carboxylic acids is 1. The van der Waals surface area contributed by atoms with Gasteiger partial charge in [0.15, 0.2) is 0 Å². The van der Waals surface area contributed by atoms with Crippen molar-refractivity contribution in [3.63, 3.8) is 0 Å². The molecule has 106 valence electrons. The quantitative estimate of drug-likeness (QED) is 0.762. The van der Waals surface area contributed by atoms with E-state index in [2.05, 4.69) is 22.6 Å². The van der Waals surface area contributed by atoms with E-state index in [-0.39, 0.29) is 29.3 Å². The van der Waals surface area contributed by atoms with Crippen LogP contribution in [0.2, 0.25) is 0 Å². The van der Waals surface area contributed by atoms with Crippen molar-refractivity contribution in [3.05, 3.63) is 27.3 Å². The summed E-state index contributed by atoms with van der Waals surface area (Å²) in [6.45, 7) is 0. The van der Waals surface area contributed by atoms with Crippen molar-refractivity contribution in [2.45, 2.75) is 31.3 Å². The highest BCUT2D eigenvalue weighted by molar-refractivity contribution is 14.1. The Bertz CT molecular complexity index is 589. The first kappa shape index (κ1) is 13.7. The molecule has 2 fully saturated rings. The van der Waals surface area contributed by atoms with Crippen LogP contribution in [0.5, 0.6) is 5.75 Å². The molecule has 1 aromatic rings. The van der Waals surface area contributed by atoms with Crippen molar-refractivity contribution in [2.75, 3.05) is 0 Å². The number of hydrogen-bond donors (Lipinski definition) is 2. The van der Waals surface area contributed by atoms with Gasteiger partial charge in [-0.05, 0) is 60.1 Å². The number of benzene rings is 1. The lowest BCUT2D eigenvalue weighted by molar-refractivity contribution is -0.142. The Labute approximate surface area is 129 Å². The van der Waals surface area contributed by atoms with Crippen molar-refractivity contribution < 1.29 is 19.8 Å². The number of carboxylic acids is 1. The minimum atomic E-state index is -0.832. The molecule has 1 amide bonds. The van der Waals surface area contributed by atoms with Crippen LogP contribution in [-0.4, -0.2) is 39.1 Å². The Morgan fingerprint density at radius 2 is 2.05 bits per heavy atom. The molecular formula is C14H14INO4. The van der Waals surface area contributed by atoms with E-state index in [9.17, 15) is 19.8 Å². The molecule has 1 aromatic carbocycles. The lowest BCUT2D eigenvalue weighted by atomic mass is 9.89. The van der Waals surface area contributed by atoms with E-state index in [1.165, 1.54) is 6.07 Å². The van der Waals surface area contributed by atoms with Gasteiger partial charge in [0.05, 0.1) is 11.5 Å². The minimum Gasteiger partial charge on any atom is -0.507 e. The normalized spacial score (nSPS) is 27.9. The number of phenols is 1. The van der Waals surface area contributed by atoms with Gasteiger partial charge in [-0.1, -0.05) is 0 Å². The first-order valence-corrected chi connectivity index (χ1v) is 7.61. The number of phenolic OH excluding ortho intramolecular Hbond substituents is 1. The van der Waals surface area contributed by atoms with Gasteiger partial charge in [0, 0.05) is 15.7 Å². The molecule has 2 bridgehead atoms. The molecule has 0 radical (unpaired) electrons. The third-order valence-corrected chi connectivity index (χ3v) is 4.95. The largest absolute Gasteiger partial charge is 0.507 e. The second-order valence-corrected chi connectivity index (χ2v) is 6.60. The summed E-state index contributed by atoms with van der Waals surface area (Å²) < 4.78 is 0.866. The highest BCUT2D eigenvalue weighted by Gasteiger charge is 2.51. The fourth-order valence-corrected chi connectivity index (χ4v) is 3.88. The van der Waals surface area contributed by atoms with Crippen LogP contribution in [0.3, 0.4) is 0 Å². The topological polar surface area (TPSA) is 77.8 Å². The van der Waals surface area contributed by atoms with Crippen LogP contribution in [0.1, 0.15) is 29.6 Å². The molecule has 3 rings (SSSR count). The van der Waals surface area contributed by atoms with Gasteiger partial charge in [-0.3, -0.25) is 9.59 Å². The maximum Gasteiger partial charge on any atom is 0.308 e. The van der Waals surface area contributed by atoms with Crippen LogP contribution in [0, 0.1) is 9.49 Å². The molecule has 2 aliphatic rings. The predicted molar refractivity (Wildman–Crippen MR) is 79.5 cm³/mol. The van der Waals surface area contributed by atoms with E-state index in [1.807, 2.05) is 0 Å². The highest BCUT2D eigenvalue weighted by Crippen LogP contribution is 2.43. The molecule has 2 N–H and O–H groups in total. The smallest absolute Gasteiger partial charge is 0.308 e. The number of rotatable bonds is 2. The molecule has 0 aromatic heterocycles. The van der Waals surface area contributed by atoms with Gasteiger partial charge in [0.1, 0.15) is 5.75 Å². The van der Waals surface area contributed by atoms with Gasteiger partial charge in [0.25, 0.3) is 5.91 Å². The van der Waals surface area contributed by atoms with Crippen LogP contribution >= 0.6 is 22.6 Å². The summed E-state index contributed by atoms with van der Waals surface area (Å²) in [6.07, 6.45) is 2.11. The summed E-state index contributed by atoms with van der Waals surface area (Å²) >= 11 is 2.08. The first-order valence-electron chi connectivity index (χ1n) is 6.53. The van der Waals surface area contributed by atoms with Gasteiger partial charge >= 0.3 is 5.97 Å². The molecular weight excluding hydrogens is 373 g/mol. The third-order valence-electron chi connectivity index (χ3n) is 4.28. The molecule has 2 heterocycles. The maximum atomic E-state index is 12.6. The highest BCUT2D eigenvalue weighted by atomic mass is 127. The Morgan fingerprint density at radius 3 is 2.70 bits per heavy atom. The van der Waals surface area contributed by atoms with Crippen LogP contribution in [-0.2, 0) is 4.79 Å². The second kappa shape index (κ2) is 4.91. The van der Waals surface area contributed by atoms with E-state index in [0.717, 1.165) is 16.4 Å². The maximum absolute atomic E-state index is 12.6. The summed E-state index contributed by atoms with van der Waals surface area (Å²) in [7, 11) is 0. The Hall–Kier alpha value is -1.31. The summed E-state index contributed by atoms with van der Waals surface area (Å²) in [5, 5.41) is 19.1. The molecule has 0 saturated carbocycles. The molecule has 6 heteroatoms. The summed E-state index contributed by atoms with van der Waals surface area (Å²) in [5.41, 5.74) is 0.264. The molecule has 5 nitrogen and oxygen atoms in total. The number of halogens is 1. The lowest BCUT2D eigenvalue weighted by Crippen LogP contribution is -2.37. The van der Waals surface area contributed by atoms with Crippen molar-refractivity contribution in [1.82, 2.24) is 4.90 Å². The number of fused-ring (bicyclic) bond motifs is 2. The first-order chi connectivity index (χ1) is 9.49. The minimum absolute atomic E-state index is 0.00846. The van der Waals surface area contributed by atoms with Gasteiger partial charge in [-0.15, -0.1) is 0 Å². The number of carbonyl (C=O) groups is 2. The Morgan fingerprint density at radius 1 is 1.30 bits per heavy atom. The van der Waals surface area contributed by atoms with Crippen LogP contribution in [0.25, 0.3) is 0 Å². The summed E-state index contributed by atoms with van der Waals surface area (Å²) in [4.78, 5) is 25.5. The zero-order valence-electron chi connectivity index (χ0n) is 10.6. The van der Waals surface area contributed by atoms with E-state index in [1.54, 1.807) is 17.0 Å². The zero-order valence-corrected chi connectivity index (χ0v) is 12.8. The predicted octanol–water partition coefficient (Wildman–Crippen LogP) is 2.07. The molecule has 2 saturated heterocycles. The lowest BCUT2D eigenvalue weighted by Gasteiger charge is -2.23. The number of nitrogens with zero attached hydrogens (tertiary/aromatic N) is 1. The summed E-state index contributed by atoms with van der Waals surface area (Å²) in [6, 6.07) is 4.63. The fraction of sp³-hybridized carbons (Fsp3) is 0.429. The fourth-order valence-electron chi connectivity index (χ4n) is 3.39. The number of amides is 1. The molecule has 20 heavy (non-hydrogen) atoms. The molecule has 2 aliphatic heterocycles. The monoisotopic (exact) mass is 387 g/mol. The average molecular weight is 387 g/mol. The van der Waals surface area contributed by atoms with Gasteiger partial charge in [-0.2, -0.15) is 0 Å². The van der Waals surface area contributed by atoms with Crippen molar-refractivity contribution in [1.29, 1.82) is 0 Å². The molecule has 0 aliphatic carbocycles. The van der Waals surface area contributed by atoms with Crippen molar-refractivity contribution >= 4 is 34.5 Å². The van der Waals surface area contributed by atoms with E-state index in [4.69, 9.17) is 0 Å². The molecule has 0 spiro atoms. The molecule has 3 unspecified atom stereocenters. The number of aromatic hydroxyl groups is 1. The number of hydrogen-bond acceptors (Lipinski definition) is 3. The standard InChI is InChI=1S/C14H14INO4/c15-7-1-4-12(17)10(5-7)13(18)16-8-2-3-11(16)9(6-8)14(19)20/h1,4-5,8-9,11,17H,2-3,6H2,(H,19,20). The Kier molecular flexibility index (Phi) is 3.35. The second-order valence-electron chi connectivity index (χ2n) is 5.35. The van der Waals surface area contributed by atoms with Crippen molar-refractivity contribution in [3.8, 4) is 5.75 Å². The SMILES string of the molecule is O=C(O)C1CC2CCC1N2C(=O)c1cc(I)ccc1O. The van der Waals surface area contributed by atoms with Crippen LogP contribution in [0.4, 0.5) is 0 Å². The van der Waals surface area contributed by atoms with E-state index >= 15 is 0 Å². The third kappa shape index (κ3) is 2.06. The van der Waals surface area contributed by atoms with Gasteiger partial charge in [-0.25, -0.2) is 0 Å². The summed E-state index contributed by atoms with van der Waals surface area (Å²) in [5.74, 6) is -1.60. The van der Waals surface area contributed by atoms with E-state index in [0.29, 0.717) is 6.42 Å². The van der Waals surface area contributed by atoms with E-state index < -0.39 is 11.9 Å². The van der Waals surface area contributed by atoms with Gasteiger partial charge < -0.3 is 15.1 Å². The van der Waals surface area contributed by atoms with Gasteiger partial charge in [0.2, 0.25) is 0 Å². The number of carbonyl (C=O) groups excluding carboxylic acids is 1. The van der Waals surface area contributed by atoms with Crippen LogP contribution < -0.4 is 0 Å². The Balaban J connectivity index is 1.92. The average Bonchev–Trinajstić information content (AvgIpc) is 2.98. The molecule has 3 atom stereocenters.